The molecule has 0 aliphatic carbocycles. The van der Waals surface area contributed by atoms with E-state index in [1.165, 1.54) is 12.1 Å². The number of anilines is 1. The van der Waals surface area contributed by atoms with Crippen LogP contribution in [0.5, 0.6) is 0 Å². The Kier molecular flexibility index (Phi) is 3.19. The Morgan fingerprint density at radius 2 is 2.38 bits per heavy atom. The van der Waals surface area contributed by atoms with Gasteiger partial charge in [0.15, 0.2) is 0 Å². The third-order valence-corrected chi connectivity index (χ3v) is 2.28. The van der Waals surface area contributed by atoms with Crippen molar-refractivity contribution in [1.82, 2.24) is 9.97 Å². The monoisotopic (exact) mass is 219 g/mol. The molecule has 0 amide bonds. The first-order valence-corrected chi connectivity index (χ1v) is 5.30. The van der Waals surface area contributed by atoms with Crippen LogP contribution in [0.1, 0.15) is 13.3 Å². The first kappa shape index (κ1) is 10.7. The Morgan fingerprint density at radius 1 is 1.50 bits per heavy atom. The van der Waals surface area contributed by atoms with E-state index in [2.05, 4.69) is 21.4 Å². The van der Waals surface area contributed by atoms with Gasteiger partial charge in [-0.2, -0.15) is 0 Å². The summed E-state index contributed by atoms with van der Waals surface area (Å²) in [5, 5.41) is 3.15. The number of H-pyrrole nitrogens is 1. The average Bonchev–Trinajstić information content (AvgIpc) is 2.66. The van der Waals surface area contributed by atoms with Crippen molar-refractivity contribution in [3.8, 4) is 0 Å². The van der Waals surface area contributed by atoms with E-state index in [9.17, 15) is 4.39 Å². The lowest BCUT2D eigenvalue weighted by molar-refractivity contribution is 0.629. The van der Waals surface area contributed by atoms with Crippen molar-refractivity contribution in [3.05, 3.63) is 36.2 Å². The van der Waals surface area contributed by atoms with Gasteiger partial charge < -0.3 is 10.3 Å². The number of allylic oxidation sites excluding steroid dienone is 1. The highest BCUT2D eigenvalue weighted by atomic mass is 19.1. The molecule has 2 rings (SSSR count). The number of hydrogen-bond donors (Lipinski definition) is 2. The normalized spacial score (nSPS) is 11.4. The van der Waals surface area contributed by atoms with Crippen LogP contribution in [0.25, 0.3) is 11.0 Å². The standard InChI is InChI=1S/C12H14FN3/c1-2-3-4-7-14-12-15-10-6-5-9(13)8-11(10)16-12/h2-3,5-6,8H,4,7H2,1H3,(H2,14,15,16)/b3-2+. The van der Waals surface area contributed by atoms with Crippen molar-refractivity contribution in [2.24, 2.45) is 0 Å². The van der Waals surface area contributed by atoms with Gasteiger partial charge in [0.05, 0.1) is 11.0 Å². The summed E-state index contributed by atoms with van der Waals surface area (Å²) in [6.07, 6.45) is 5.03. The van der Waals surface area contributed by atoms with Gasteiger partial charge in [0.25, 0.3) is 0 Å². The molecule has 3 nitrogen and oxygen atoms in total. The summed E-state index contributed by atoms with van der Waals surface area (Å²) in [6, 6.07) is 4.52. The number of imidazole rings is 1. The number of nitrogens with one attached hydrogen (secondary N) is 2. The lowest BCUT2D eigenvalue weighted by Crippen LogP contribution is -2.01. The molecule has 0 aliphatic rings. The summed E-state index contributed by atoms with van der Waals surface area (Å²) < 4.78 is 12.9. The number of rotatable bonds is 4. The molecule has 0 atom stereocenters. The number of aromatic amines is 1. The number of halogens is 1. The second-order valence-electron chi connectivity index (χ2n) is 3.53. The molecule has 0 saturated heterocycles. The van der Waals surface area contributed by atoms with Crippen LogP contribution in [0.4, 0.5) is 10.3 Å². The predicted molar refractivity (Wildman–Crippen MR) is 64.0 cm³/mol. The molecule has 1 heterocycles. The average molecular weight is 219 g/mol. The van der Waals surface area contributed by atoms with Crippen molar-refractivity contribution in [2.75, 3.05) is 11.9 Å². The molecule has 16 heavy (non-hydrogen) atoms. The maximum Gasteiger partial charge on any atom is 0.201 e. The van der Waals surface area contributed by atoms with Crippen molar-refractivity contribution in [3.63, 3.8) is 0 Å². The van der Waals surface area contributed by atoms with Crippen LogP contribution < -0.4 is 5.32 Å². The molecule has 4 heteroatoms. The van der Waals surface area contributed by atoms with Crippen LogP contribution in [0.3, 0.4) is 0 Å². The van der Waals surface area contributed by atoms with E-state index in [1.54, 1.807) is 6.07 Å². The first-order chi connectivity index (χ1) is 7.79. The zero-order chi connectivity index (χ0) is 11.4. The van der Waals surface area contributed by atoms with Crippen molar-refractivity contribution in [2.45, 2.75) is 13.3 Å². The molecule has 2 aromatic rings. The van der Waals surface area contributed by atoms with Crippen molar-refractivity contribution < 1.29 is 4.39 Å². The van der Waals surface area contributed by atoms with E-state index in [-0.39, 0.29) is 5.82 Å². The zero-order valence-electron chi connectivity index (χ0n) is 9.13. The quantitative estimate of drug-likeness (QED) is 0.612. The fourth-order valence-electron chi connectivity index (χ4n) is 1.51. The Hall–Kier alpha value is -1.84. The first-order valence-electron chi connectivity index (χ1n) is 5.30. The molecule has 0 saturated carbocycles. The maximum atomic E-state index is 12.9. The van der Waals surface area contributed by atoms with Gasteiger partial charge in [0.2, 0.25) is 5.95 Å². The molecule has 2 N–H and O–H groups in total. The Bertz CT molecular complexity index is 502. The molecule has 84 valence electrons. The lowest BCUT2D eigenvalue weighted by Gasteiger charge is -1.97. The van der Waals surface area contributed by atoms with E-state index < -0.39 is 0 Å². The van der Waals surface area contributed by atoms with Crippen LogP contribution in [0, 0.1) is 5.82 Å². The third kappa shape index (κ3) is 2.39. The van der Waals surface area contributed by atoms with E-state index >= 15 is 0 Å². The summed E-state index contributed by atoms with van der Waals surface area (Å²) in [5.41, 5.74) is 1.49. The predicted octanol–water partition coefficient (Wildman–Crippen LogP) is 3.08. The van der Waals surface area contributed by atoms with Gasteiger partial charge in [-0.25, -0.2) is 9.37 Å². The molecule has 0 bridgehead atoms. The smallest absolute Gasteiger partial charge is 0.201 e. The summed E-state index contributed by atoms with van der Waals surface area (Å²) in [6.45, 7) is 2.80. The Labute approximate surface area is 93.4 Å². The second-order valence-corrected chi connectivity index (χ2v) is 3.53. The molecular formula is C12H14FN3. The molecule has 0 spiro atoms. The minimum absolute atomic E-state index is 0.253. The SMILES string of the molecule is C/C=C/CCNc1nc2ccc(F)cc2[nH]1. The fraction of sp³-hybridized carbons (Fsp3) is 0.250. The third-order valence-electron chi connectivity index (χ3n) is 2.28. The number of nitrogens with zero attached hydrogens (tertiary/aromatic N) is 1. The van der Waals surface area contributed by atoms with E-state index in [4.69, 9.17) is 0 Å². The van der Waals surface area contributed by atoms with Crippen LogP contribution in [-0.2, 0) is 0 Å². The van der Waals surface area contributed by atoms with E-state index in [0.29, 0.717) is 11.5 Å². The van der Waals surface area contributed by atoms with Gasteiger partial charge in [0.1, 0.15) is 5.82 Å². The second kappa shape index (κ2) is 4.79. The number of hydrogen-bond acceptors (Lipinski definition) is 2. The van der Waals surface area contributed by atoms with E-state index in [0.717, 1.165) is 18.5 Å². The number of fused-ring (bicyclic) bond motifs is 1. The zero-order valence-corrected chi connectivity index (χ0v) is 9.13. The van der Waals surface area contributed by atoms with Crippen LogP contribution in [0.15, 0.2) is 30.4 Å². The lowest BCUT2D eigenvalue weighted by atomic mass is 10.3. The van der Waals surface area contributed by atoms with Crippen LogP contribution >= 0.6 is 0 Å². The summed E-state index contributed by atoms with van der Waals surface area (Å²) in [5.74, 6) is 0.432. The summed E-state index contributed by atoms with van der Waals surface area (Å²) in [7, 11) is 0. The summed E-state index contributed by atoms with van der Waals surface area (Å²) in [4.78, 5) is 7.32. The van der Waals surface area contributed by atoms with Gasteiger partial charge in [-0.3, -0.25) is 0 Å². The highest BCUT2D eigenvalue weighted by Gasteiger charge is 2.02. The highest BCUT2D eigenvalue weighted by Crippen LogP contribution is 2.15. The fourth-order valence-corrected chi connectivity index (χ4v) is 1.51. The maximum absolute atomic E-state index is 12.9. The van der Waals surface area contributed by atoms with Crippen molar-refractivity contribution in [1.29, 1.82) is 0 Å². The van der Waals surface area contributed by atoms with Crippen LogP contribution in [0.2, 0.25) is 0 Å². The van der Waals surface area contributed by atoms with Gasteiger partial charge in [-0.15, -0.1) is 0 Å². The van der Waals surface area contributed by atoms with E-state index in [1.807, 2.05) is 13.0 Å². The van der Waals surface area contributed by atoms with Gasteiger partial charge in [0, 0.05) is 6.54 Å². The molecule has 0 fully saturated rings. The minimum Gasteiger partial charge on any atom is -0.355 e. The van der Waals surface area contributed by atoms with Crippen LogP contribution in [-0.4, -0.2) is 16.5 Å². The molecule has 0 unspecified atom stereocenters. The van der Waals surface area contributed by atoms with Gasteiger partial charge in [-0.1, -0.05) is 12.2 Å². The topological polar surface area (TPSA) is 40.7 Å². The molecule has 1 aromatic carbocycles. The minimum atomic E-state index is -0.253. The molecular weight excluding hydrogens is 205 g/mol. The number of benzene rings is 1. The van der Waals surface area contributed by atoms with Crippen molar-refractivity contribution >= 4 is 17.0 Å². The Morgan fingerprint density at radius 3 is 3.19 bits per heavy atom. The van der Waals surface area contributed by atoms with Gasteiger partial charge >= 0.3 is 0 Å². The Balaban J connectivity index is 2.08. The molecule has 0 radical (unpaired) electrons. The summed E-state index contributed by atoms with van der Waals surface area (Å²) >= 11 is 0. The highest BCUT2D eigenvalue weighted by molar-refractivity contribution is 5.77. The molecule has 0 aliphatic heterocycles. The largest absolute Gasteiger partial charge is 0.355 e. The number of aromatic nitrogens is 2. The van der Waals surface area contributed by atoms with Gasteiger partial charge in [-0.05, 0) is 31.5 Å². The molecule has 1 aromatic heterocycles.